The van der Waals surface area contributed by atoms with Gasteiger partial charge in [-0.15, -0.1) is 0 Å². The first-order valence-electron chi connectivity index (χ1n) is 4.57. The molecule has 2 aromatic heterocycles. The molecule has 0 spiro atoms. The molecule has 0 aliphatic carbocycles. The molecule has 0 atom stereocenters. The van der Waals surface area contributed by atoms with E-state index < -0.39 is 17.6 Å². The molecule has 2 heterocycles. The number of rotatable bonds is 1. The molecule has 0 radical (unpaired) electrons. The number of alkyl halides is 3. The average molecular weight is 241 g/mol. The van der Waals surface area contributed by atoms with Gasteiger partial charge in [0.2, 0.25) is 5.82 Å². The Bertz CT molecular complexity index is 577. The van der Waals surface area contributed by atoms with Crippen LogP contribution in [0.5, 0.6) is 0 Å². The van der Waals surface area contributed by atoms with Gasteiger partial charge in [-0.05, 0) is 12.1 Å². The number of hydrogen-bond acceptors (Lipinski definition) is 3. The van der Waals surface area contributed by atoms with E-state index in [0.717, 1.165) is 6.07 Å². The fourth-order valence-corrected chi connectivity index (χ4v) is 1.24. The summed E-state index contributed by atoms with van der Waals surface area (Å²) in [6.07, 6.45) is -3.28. The first-order valence-corrected chi connectivity index (χ1v) is 4.57. The van der Waals surface area contributed by atoms with Gasteiger partial charge in [-0.2, -0.15) is 13.2 Å². The number of aromatic amines is 1. The van der Waals surface area contributed by atoms with Crippen molar-refractivity contribution >= 4 is 0 Å². The van der Waals surface area contributed by atoms with Crippen LogP contribution in [0.25, 0.3) is 11.4 Å². The molecular formula is C10H6F3N3O. The maximum atomic E-state index is 12.4. The van der Waals surface area contributed by atoms with E-state index in [0.29, 0.717) is 0 Å². The first-order chi connectivity index (χ1) is 7.97. The SMILES string of the molecule is O=c1cc(-c2ccccn2)nc(C(F)(F)F)[nH]1. The van der Waals surface area contributed by atoms with E-state index in [9.17, 15) is 18.0 Å². The van der Waals surface area contributed by atoms with Gasteiger partial charge in [0.05, 0.1) is 11.4 Å². The summed E-state index contributed by atoms with van der Waals surface area (Å²) in [6, 6.07) is 5.65. The second-order valence-corrected chi connectivity index (χ2v) is 3.19. The van der Waals surface area contributed by atoms with E-state index in [2.05, 4.69) is 9.97 Å². The van der Waals surface area contributed by atoms with Crippen molar-refractivity contribution in [2.24, 2.45) is 0 Å². The third-order valence-corrected chi connectivity index (χ3v) is 1.94. The van der Waals surface area contributed by atoms with Gasteiger partial charge in [0, 0.05) is 12.3 Å². The van der Waals surface area contributed by atoms with Crippen LogP contribution in [0.2, 0.25) is 0 Å². The van der Waals surface area contributed by atoms with Crippen molar-refractivity contribution in [2.75, 3.05) is 0 Å². The Morgan fingerprint density at radius 3 is 2.53 bits per heavy atom. The monoisotopic (exact) mass is 241 g/mol. The molecule has 0 amide bonds. The zero-order valence-electron chi connectivity index (χ0n) is 8.32. The Morgan fingerprint density at radius 1 is 1.18 bits per heavy atom. The predicted octanol–water partition coefficient (Wildman–Crippen LogP) is 1.85. The molecule has 1 N–H and O–H groups in total. The second kappa shape index (κ2) is 4.00. The number of nitrogens with zero attached hydrogens (tertiary/aromatic N) is 2. The van der Waals surface area contributed by atoms with Crippen molar-refractivity contribution < 1.29 is 13.2 Å². The molecule has 88 valence electrons. The minimum absolute atomic E-state index is 0.110. The van der Waals surface area contributed by atoms with E-state index in [1.54, 1.807) is 17.1 Å². The second-order valence-electron chi connectivity index (χ2n) is 3.19. The third-order valence-electron chi connectivity index (χ3n) is 1.94. The topological polar surface area (TPSA) is 58.6 Å². The molecule has 2 rings (SSSR count). The highest BCUT2D eigenvalue weighted by Crippen LogP contribution is 2.26. The highest BCUT2D eigenvalue weighted by Gasteiger charge is 2.34. The van der Waals surface area contributed by atoms with Gasteiger partial charge in [0.15, 0.2) is 0 Å². The Morgan fingerprint density at radius 2 is 1.94 bits per heavy atom. The van der Waals surface area contributed by atoms with Crippen LogP contribution >= 0.6 is 0 Å². The molecule has 0 saturated carbocycles. The lowest BCUT2D eigenvalue weighted by atomic mass is 10.2. The Labute approximate surface area is 93.2 Å². The zero-order chi connectivity index (χ0) is 12.5. The lowest BCUT2D eigenvalue weighted by Crippen LogP contribution is -2.18. The van der Waals surface area contributed by atoms with Crippen LogP contribution in [0, 0.1) is 0 Å². The fraction of sp³-hybridized carbons (Fsp3) is 0.100. The normalized spacial score (nSPS) is 11.5. The van der Waals surface area contributed by atoms with E-state index in [4.69, 9.17) is 0 Å². The predicted molar refractivity (Wildman–Crippen MR) is 53.1 cm³/mol. The molecule has 17 heavy (non-hydrogen) atoms. The van der Waals surface area contributed by atoms with E-state index in [1.165, 1.54) is 12.3 Å². The molecule has 0 bridgehead atoms. The van der Waals surface area contributed by atoms with Crippen LogP contribution < -0.4 is 5.56 Å². The van der Waals surface area contributed by atoms with Crippen molar-refractivity contribution in [3.8, 4) is 11.4 Å². The Balaban J connectivity index is 2.58. The standard InChI is InChI=1S/C10H6F3N3O/c11-10(12,13)9-15-7(5-8(17)16-9)6-3-1-2-4-14-6/h1-5H,(H,15,16,17). The van der Waals surface area contributed by atoms with Gasteiger partial charge in [0.1, 0.15) is 0 Å². The molecule has 0 saturated heterocycles. The van der Waals surface area contributed by atoms with Gasteiger partial charge in [-0.1, -0.05) is 6.07 Å². The largest absolute Gasteiger partial charge is 0.449 e. The van der Waals surface area contributed by atoms with E-state index in [-0.39, 0.29) is 11.4 Å². The summed E-state index contributed by atoms with van der Waals surface area (Å²) >= 11 is 0. The molecule has 7 heteroatoms. The van der Waals surface area contributed by atoms with E-state index >= 15 is 0 Å². The Hall–Kier alpha value is -2.18. The van der Waals surface area contributed by atoms with Crippen LogP contribution in [0.1, 0.15) is 5.82 Å². The summed E-state index contributed by atoms with van der Waals surface area (Å²) in [6.45, 7) is 0. The number of H-pyrrole nitrogens is 1. The summed E-state index contributed by atoms with van der Waals surface area (Å²) in [5, 5.41) is 0. The maximum Gasteiger partial charge on any atom is 0.449 e. The van der Waals surface area contributed by atoms with Gasteiger partial charge < -0.3 is 4.98 Å². The fourth-order valence-electron chi connectivity index (χ4n) is 1.24. The number of hydrogen-bond donors (Lipinski definition) is 1. The number of halogens is 3. The lowest BCUT2D eigenvalue weighted by molar-refractivity contribution is -0.145. The van der Waals surface area contributed by atoms with Crippen LogP contribution in [0.15, 0.2) is 35.3 Å². The summed E-state index contributed by atoms with van der Waals surface area (Å²) in [5.41, 5.74) is -0.765. The highest BCUT2D eigenvalue weighted by atomic mass is 19.4. The van der Waals surface area contributed by atoms with Crippen LogP contribution in [-0.4, -0.2) is 15.0 Å². The van der Waals surface area contributed by atoms with Crippen molar-refractivity contribution in [1.82, 2.24) is 15.0 Å². The minimum atomic E-state index is -4.69. The minimum Gasteiger partial charge on any atom is -0.303 e. The molecular weight excluding hydrogens is 235 g/mol. The molecule has 0 unspecified atom stereocenters. The summed E-state index contributed by atoms with van der Waals surface area (Å²) in [7, 11) is 0. The van der Waals surface area contributed by atoms with Gasteiger partial charge in [-0.3, -0.25) is 9.78 Å². The first kappa shape index (κ1) is 11.3. The highest BCUT2D eigenvalue weighted by molar-refractivity contribution is 5.52. The number of aromatic nitrogens is 3. The third kappa shape index (κ3) is 2.49. The smallest absolute Gasteiger partial charge is 0.303 e. The number of nitrogens with one attached hydrogen (secondary N) is 1. The zero-order valence-corrected chi connectivity index (χ0v) is 8.32. The maximum absolute atomic E-state index is 12.4. The Kier molecular flexibility index (Phi) is 2.66. The van der Waals surface area contributed by atoms with Crippen molar-refractivity contribution in [1.29, 1.82) is 0 Å². The van der Waals surface area contributed by atoms with Gasteiger partial charge in [0.25, 0.3) is 5.56 Å². The van der Waals surface area contributed by atoms with Gasteiger partial charge in [-0.25, -0.2) is 4.98 Å². The molecule has 2 aromatic rings. The summed E-state index contributed by atoms with van der Waals surface area (Å²) in [5.74, 6) is -1.33. The van der Waals surface area contributed by atoms with E-state index in [1.807, 2.05) is 0 Å². The van der Waals surface area contributed by atoms with Crippen molar-refractivity contribution in [2.45, 2.75) is 6.18 Å². The van der Waals surface area contributed by atoms with Crippen LogP contribution in [0.3, 0.4) is 0 Å². The summed E-state index contributed by atoms with van der Waals surface area (Å²) in [4.78, 5) is 19.9. The number of pyridine rings is 1. The van der Waals surface area contributed by atoms with Crippen LogP contribution in [0.4, 0.5) is 13.2 Å². The molecule has 4 nitrogen and oxygen atoms in total. The van der Waals surface area contributed by atoms with Crippen LogP contribution in [-0.2, 0) is 6.18 Å². The molecule has 0 fully saturated rings. The molecule has 0 aliphatic rings. The average Bonchev–Trinajstić information content (AvgIpc) is 2.28. The molecule has 0 aromatic carbocycles. The van der Waals surface area contributed by atoms with Gasteiger partial charge >= 0.3 is 6.18 Å². The lowest BCUT2D eigenvalue weighted by Gasteiger charge is -2.06. The molecule has 0 aliphatic heterocycles. The summed E-state index contributed by atoms with van der Waals surface area (Å²) < 4.78 is 37.2. The quantitative estimate of drug-likeness (QED) is 0.828. The van der Waals surface area contributed by atoms with Crippen molar-refractivity contribution in [3.63, 3.8) is 0 Å². The van der Waals surface area contributed by atoms with Crippen molar-refractivity contribution in [3.05, 3.63) is 46.6 Å².